The quantitative estimate of drug-likeness (QED) is 0.324. The first-order valence-electron chi connectivity index (χ1n) is 10.4. The maximum Gasteiger partial charge on any atom is 0.417 e. The maximum absolute atomic E-state index is 15.7. The molecule has 1 aliphatic heterocycles. The molecule has 1 unspecified atom stereocenters. The smallest absolute Gasteiger partial charge is 0.417 e. The number of alkyl halides is 3. The molecule has 1 atom stereocenters. The van der Waals surface area contributed by atoms with Crippen LogP contribution < -0.4 is 21.1 Å². The number of ether oxygens (including phenoxy) is 1. The van der Waals surface area contributed by atoms with Crippen LogP contribution in [0.1, 0.15) is 17.5 Å². The first-order valence-corrected chi connectivity index (χ1v) is 10.4. The molecule has 3 aromatic rings. The zero-order chi connectivity index (χ0) is 24.6. The summed E-state index contributed by atoms with van der Waals surface area (Å²) in [5, 5.41) is 15.9. The van der Waals surface area contributed by atoms with Crippen molar-refractivity contribution < 1.29 is 31.8 Å². The number of aromatic nitrogens is 3. The Morgan fingerprint density at radius 1 is 1.18 bits per heavy atom. The molecule has 3 heterocycles. The molecular formula is C21H21F5N6O2. The van der Waals surface area contributed by atoms with Crippen molar-refractivity contribution in [3.8, 4) is 17.1 Å². The fraction of sp³-hybridized carbons (Fsp3) is 0.381. The molecule has 0 fully saturated rings. The van der Waals surface area contributed by atoms with Crippen molar-refractivity contribution in [1.29, 1.82) is 0 Å². The predicted molar refractivity (Wildman–Crippen MR) is 114 cm³/mol. The van der Waals surface area contributed by atoms with Crippen LogP contribution in [0.4, 0.5) is 33.5 Å². The highest BCUT2D eigenvalue weighted by atomic mass is 19.4. The van der Waals surface area contributed by atoms with E-state index in [1.54, 1.807) is 0 Å². The van der Waals surface area contributed by atoms with E-state index in [1.165, 1.54) is 0 Å². The number of hydrogen-bond donors (Lipinski definition) is 4. The summed E-state index contributed by atoms with van der Waals surface area (Å²) in [5.41, 5.74) is 0.911. The summed E-state index contributed by atoms with van der Waals surface area (Å²) in [6.07, 6.45) is -4.44. The fourth-order valence-electron chi connectivity index (χ4n) is 3.85. The van der Waals surface area contributed by atoms with Crippen LogP contribution in [-0.2, 0) is 6.18 Å². The van der Waals surface area contributed by atoms with Crippen molar-refractivity contribution in [3.63, 3.8) is 0 Å². The van der Waals surface area contributed by atoms with Crippen LogP contribution in [0.3, 0.4) is 0 Å². The van der Waals surface area contributed by atoms with E-state index in [0.717, 1.165) is 13.3 Å². The molecule has 0 aliphatic carbocycles. The van der Waals surface area contributed by atoms with Crippen molar-refractivity contribution in [3.05, 3.63) is 35.2 Å². The van der Waals surface area contributed by atoms with E-state index in [2.05, 4.69) is 25.6 Å². The molecular weight excluding hydrogens is 463 g/mol. The van der Waals surface area contributed by atoms with E-state index in [4.69, 9.17) is 10.5 Å². The average Bonchev–Trinajstić information content (AvgIpc) is 2.82. The Morgan fingerprint density at radius 3 is 2.65 bits per heavy atom. The molecule has 13 heteroatoms. The number of halogens is 5. The average molecular weight is 484 g/mol. The van der Waals surface area contributed by atoms with Crippen LogP contribution in [0.5, 0.6) is 5.88 Å². The summed E-state index contributed by atoms with van der Waals surface area (Å²) in [6, 6.07) is 0.689. The number of nitrogens with two attached hydrogens (primary N) is 1. The number of aliphatic hydroxyl groups is 1. The highest BCUT2D eigenvalue weighted by Gasteiger charge is 2.39. The molecule has 2 aromatic heterocycles. The summed E-state index contributed by atoms with van der Waals surface area (Å²) in [4.78, 5) is 12.1. The Balaban J connectivity index is 2.05. The van der Waals surface area contributed by atoms with Gasteiger partial charge in [0.25, 0.3) is 0 Å². The number of nitrogens with zero attached hydrogens (tertiary/aromatic N) is 3. The minimum absolute atomic E-state index is 0.00413. The summed E-state index contributed by atoms with van der Waals surface area (Å²) in [6.45, 7) is 1.87. The fourth-order valence-corrected chi connectivity index (χ4v) is 3.85. The molecule has 4 rings (SSSR count). The van der Waals surface area contributed by atoms with Gasteiger partial charge in [0.2, 0.25) is 5.88 Å². The van der Waals surface area contributed by atoms with Gasteiger partial charge in [-0.05, 0) is 31.5 Å². The van der Waals surface area contributed by atoms with E-state index in [-0.39, 0.29) is 22.6 Å². The lowest BCUT2D eigenvalue weighted by Crippen LogP contribution is -2.29. The van der Waals surface area contributed by atoms with Crippen LogP contribution in [-0.4, -0.2) is 52.4 Å². The number of nitrogens with one attached hydrogen (secondary N) is 2. The van der Waals surface area contributed by atoms with Crippen molar-refractivity contribution in [2.24, 2.45) is 0 Å². The molecule has 0 bridgehead atoms. The summed E-state index contributed by atoms with van der Waals surface area (Å²) < 4.78 is 77.5. The van der Waals surface area contributed by atoms with Gasteiger partial charge in [-0.1, -0.05) is 0 Å². The lowest BCUT2D eigenvalue weighted by molar-refractivity contribution is -0.137. The number of anilines is 2. The Labute approximate surface area is 190 Å². The second-order valence-corrected chi connectivity index (χ2v) is 7.74. The van der Waals surface area contributed by atoms with E-state index in [1.807, 2.05) is 0 Å². The minimum atomic E-state index is -5.03. The van der Waals surface area contributed by atoms with Gasteiger partial charge in [0.15, 0.2) is 5.82 Å². The van der Waals surface area contributed by atoms with Gasteiger partial charge in [0, 0.05) is 18.7 Å². The van der Waals surface area contributed by atoms with Gasteiger partial charge in [-0.25, -0.2) is 23.7 Å². The van der Waals surface area contributed by atoms with Crippen LogP contribution >= 0.6 is 0 Å². The summed E-state index contributed by atoms with van der Waals surface area (Å²) in [5.74, 6) is -2.56. The molecule has 0 radical (unpaired) electrons. The monoisotopic (exact) mass is 484 g/mol. The largest absolute Gasteiger partial charge is 0.471 e. The number of pyridine rings is 1. The summed E-state index contributed by atoms with van der Waals surface area (Å²) in [7, 11) is 0. The van der Waals surface area contributed by atoms with Crippen molar-refractivity contribution in [2.75, 3.05) is 37.3 Å². The Morgan fingerprint density at radius 2 is 1.94 bits per heavy atom. The van der Waals surface area contributed by atoms with Crippen LogP contribution in [0.15, 0.2) is 12.4 Å². The highest BCUT2D eigenvalue weighted by Crippen LogP contribution is 2.44. The third-order valence-corrected chi connectivity index (χ3v) is 5.47. The van der Waals surface area contributed by atoms with Crippen LogP contribution in [0, 0.1) is 18.6 Å². The van der Waals surface area contributed by atoms with E-state index in [0.29, 0.717) is 32.1 Å². The topological polar surface area (TPSA) is 118 Å². The normalized spacial score (nSPS) is 17.1. The van der Waals surface area contributed by atoms with Gasteiger partial charge in [0.1, 0.15) is 40.7 Å². The molecule has 0 saturated carbocycles. The minimum Gasteiger partial charge on any atom is -0.471 e. The third-order valence-electron chi connectivity index (χ3n) is 5.47. The number of nitrogen functional groups attached to an aromatic ring is 1. The predicted octanol–water partition coefficient (Wildman–Crippen LogP) is 3.02. The Hall–Kier alpha value is -3.32. The molecule has 8 nitrogen and oxygen atoms in total. The molecule has 0 spiro atoms. The maximum atomic E-state index is 15.7. The van der Waals surface area contributed by atoms with Crippen LogP contribution in [0.25, 0.3) is 22.2 Å². The first-order chi connectivity index (χ1) is 16.1. The Bertz CT molecular complexity index is 1240. The van der Waals surface area contributed by atoms with E-state index < -0.39 is 58.6 Å². The SMILES string of the molecule is Cc1c(F)c(N)cc(-c2nc3c4c(ncnc4c2F)NCCNCCC(CO)O3)c1C(F)(F)F. The van der Waals surface area contributed by atoms with Crippen LogP contribution in [0.2, 0.25) is 0 Å². The zero-order valence-electron chi connectivity index (χ0n) is 17.9. The molecule has 5 N–H and O–H groups in total. The lowest BCUT2D eigenvalue weighted by Gasteiger charge is -2.21. The zero-order valence-corrected chi connectivity index (χ0v) is 17.9. The molecule has 0 saturated heterocycles. The highest BCUT2D eigenvalue weighted by molar-refractivity contribution is 5.96. The second-order valence-electron chi connectivity index (χ2n) is 7.74. The Kier molecular flexibility index (Phi) is 6.41. The molecule has 1 aliphatic rings. The molecule has 0 amide bonds. The first kappa shape index (κ1) is 23.8. The molecule has 182 valence electrons. The van der Waals surface area contributed by atoms with Gasteiger partial charge in [-0.15, -0.1) is 0 Å². The van der Waals surface area contributed by atoms with Gasteiger partial charge in [-0.3, -0.25) is 0 Å². The number of benzene rings is 1. The van der Waals surface area contributed by atoms with Gasteiger partial charge < -0.3 is 26.2 Å². The van der Waals surface area contributed by atoms with Crippen molar-refractivity contribution in [2.45, 2.75) is 25.6 Å². The molecule has 1 aromatic carbocycles. The summed E-state index contributed by atoms with van der Waals surface area (Å²) >= 11 is 0. The van der Waals surface area contributed by atoms with Crippen molar-refractivity contribution in [1.82, 2.24) is 20.3 Å². The number of hydrogen-bond acceptors (Lipinski definition) is 8. The van der Waals surface area contributed by atoms with Gasteiger partial charge >= 0.3 is 6.18 Å². The lowest BCUT2D eigenvalue weighted by atomic mass is 9.96. The number of aliphatic hydroxyl groups excluding tert-OH is 1. The number of rotatable bonds is 2. The van der Waals surface area contributed by atoms with Gasteiger partial charge in [-0.2, -0.15) is 13.2 Å². The van der Waals surface area contributed by atoms with E-state index >= 15 is 4.39 Å². The van der Waals surface area contributed by atoms with Gasteiger partial charge in [0.05, 0.1) is 17.9 Å². The van der Waals surface area contributed by atoms with Crippen molar-refractivity contribution >= 4 is 22.4 Å². The third kappa shape index (κ3) is 4.28. The standard InChI is InChI=1S/C21H21F5N6O2/c1-9-14(21(24,25)26)11(6-12(27)15(9)22)17-16(23)18-13-19(31-8-30-18)29-5-4-28-3-2-10(7-33)34-20(13)32-17/h6,8,10,28,33H,2-5,7,27H2,1H3,(H,29,30,31). The van der Waals surface area contributed by atoms with E-state index in [9.17, 15) is 22.7 Å². The second kappa shape index (κ2) is 9.14. The molecule has 34 heavy (non-hydrogen) atoms.